The molecule has 1 aliphatic carbocycles. The first-order chi connectivity index (χ1) is 13.9. The van der Waals surface area contributed by atoms with Crippen LogP contribution in [0.15, 0.2) is 29.2 Å². The average Bonchev–Trinajstić information content (AvgIpc) is 3.11. The number of hydrogen-bond donors (Lipinski definition) is 1. The molecule has 29 heavy (non-hydrogen) atoms. The Labute approximate surface area is 173 Å². The number of carbonyl (C=O) groups is 2. The largest absolute Gasteiger partial charge is 0.339 e. The van der Waals surface area contributed by atoms with E-state index in [1.54, 1.807) is 26.0 Å². The van der Waals surface area contributed by atoms with Crippen molar-refractivity contribution < 1.29 is 18.0 Å². The standard InChI is InChI=1S/C21H31N3O4S/c1-3-23(4-2)29(27,28)19-12-10-17(11-13-19)22-21(26)16-14-20(25)24(15-16)18-8-6-5-7-9-18/h10-13,16,18H,3-9,14-15H2,1-2H3,(H,22,26). The molecule has 0 aromatic heterocycles. The molecule has 2 fully saturated rings. The Morgan fingerprint density at radius 1 is 1.10 bits per heavy atom. The molecule has 0 radical (unpaired) electrons. The summed E-state index contributed by atoms with van der Waals surface area (Å²) >= 11 is 0. The van der Waals surface area contributed by atoms with E-state index >= 15 is 0 Å². The van der Waals surface area contributed by atoms with Gasteiger partial charge in [0.1, 0.15) is 0 Å². The maximum absolute atomic E-state index is 12.7. The van der Waals surface area contributed by atoms with Crippen molar-refractivity contribution in [2.45, 2.75) is 63.3 Å². The molecule has 1 atom stereocenters. The van der Waals surface area contributed by atoms with Gasteiger partial charge in [0.25, 0.3) is 0 Å². The Morgan fingerprint density at radius 2 is 1.72 bits per heavy atom. The fourth-order valence-corrected chi connectivity index (χ4v) is 5.78. The van der Waals surface area contributed by atoms with Gasteiger partial charge in [-0.05, 0) is 37.1 Å². The normalized spacial score (nSPS) is 21.0. The van der Waals surface area contributed by atoms with E-state index in [1.165, 1.54) is 22.9 Å². The van der Waals surface area contributed by atoms with Gasteiger partial charge in [-0.1, -0.05) is 33.1 Å². The first-order valence-electron chi connectivity index (χ1n) is 10.6. The molecular weight excluding hydrogens is 390 g/mol. The molecule has 1 aromatic rings. The SMILES string of the molecule is CCN(CC)S(=O)(=O)c1ccc(NC(=O)C2CC(=O)N(C3CCCCC3)C2)cc1. The number of nitrogens with one attached hydrogen (secondary N) is 1. The van der Waals surface area contributed by atoms with E-state index in [2.05, 4.69) is 5.32 Å². The number of amides is 2. The molecule has 7 nitrogen and oxygen atoms in total. The summed E-state index contributed by atoms with van der Waals surface area (Å²) in [7, 11) is -3.52. The van der Waals surface area contributed by atoms with E-state index in [0.29, 0.717) is 25.3 Å². The van der Waals surface area contributed by atoms with Crippen LogP contribution in [-0.2, 0) is 19.6 Å². The summed E-state index contributed by atoms with van der Waals surface area (Å²) in [6, 6.07) is 6.50. The van der Waals surface area contributed by atoms with Gasteiger partial charge in [-0.2, -0.15) is 4.31 Å². The number of likely N-dealkylation sites (tertiary alicyclic amines) is 1. The van der Waals surface area contributed by atoms with E-state index in [-0.39, 0.29) is 35.1 Å². The molecule has 1 aliphatic heterocycles. The Morgan fingerprint density at radius 3 is 2.31 bits per heavy atom. The minimum Gasteiger partial charge on any atom is -0.339 e. The van der Waals surface area contributed by atoms with Gasteiger partial charge in [0, 0.05) is 37.8 Å². The van der Waals surface area contributed by atoms with E-state index in [4.69, 9.17) is 0 Å². The first kappa shape index (κ1) is 21.8. The summed E-state index contributed by atoms with van der Waals surface area (Å²) in [6.07, 6.45) is 5.83. The molecule has 2 amide bonds. The van der Waals surface area contributed by atoms with Crippen LogP contribution in [0.25, 0.3) is 0 Å². The van der Waals surface area contributed by atoms with Crippen molar-refractivity contribution in [3.05, 3.63) is 24.3 Å². The molecule has 3 rings (SSSR count). The zero-order valence-electron chi connectivity index (χ0n) is 17.3. The molecule has 1 N–H and O–H groups in total. The summed E-state index contributed by atoms with van der Waals surface area (Å²) in [5.41, 5.74) is 0.539. The Kier molecular flexibility index (Phi) is 6.95. The number of hydrogen-bond acceptors (Lipinski definition) is 4. The Bertz CT molecular complexity index is 828. The fraction of sp³-hybridized carbons (Fsp3) is 0.619. The second-order valence-corrected chi connectivity index (χ2v) is 9.78. The number of rotatable bonds is 7. The molecule has 1 unspecified atom stereocenters. The van der Waals surface area contributed by atoms with Gasteiger partial charge >= 0.3 is 0 Å². The summed E-state index contributed by atoms with van der Waals surface area (Å²) < 4.78 is 26.5. The molecule has 0 spiro atoms. The smallest absolute Gasteiger partial charge is 0.243 e. The summed E-state index contributed by atoms with van der Waals surface area (Å²) in [4.78, 5) is 27.1. The molecular formula is C21H31N3O4S. The Hall–Kier alpha value is -1.93. The summed E-state index contributed by atoms with van der Waals surface area (Å²) in [5.74, 6) is -0.475. The highest BCUT2D eigenvalue weighted by Gasteiger charge is 2.38. The highest BCUT2D eigenvalue weighted by atomic mass is 32.2. The highest BCUT2D eigenvalue weighted by molar-refractivity contribution is 7.89. The lowest BCUT2D eigenvalue weighted by atomic mass is 9.94. The van der Waals surface area contributed by atoms with Gasteiger partial charge in [-0.3, -0.25) is 9.59 Å². The van der Waals surface area contributed by atoms with Gasteiger partial charge in [-0.15, -0.1) is 0 Å². The van der Waals surface area contributed by atoms with Crippen LogP contribution < -0.4 is 5.32 Å². The molecule has 0 bridgehead atoms. The van der Waals surface area contributed by atoms with E-state index in [0.717, 1.165) is 25.7 Å². The predicted molar refractivity (Wildman–Crippen MR) is 112 cm³/mol. The van der Waals surface area contributed by atoms with Crippen molar-refractivity contribution in [3.8, 4) is 0 Å². The van der Waals surface area contributed by atoms with Crippen molar-refractivity contribution in [1.29, 1.82) is 0 Å². The van der Waals surface area contributed by atoms with Crippen LogP contribution in [0, 0.1) is 5.92 Å². The predicted octanol–water partition coefficient (Wildman–Crippen LogP) is 2.84. The third-order valence-electron chi connectivity index (χ3n) is 6.01. The van der Waals surface area contributed by atoms with Crippen LogP contribution in [0.5, 0.6) is 0 Å². The Balaban J connectivity index is 1.62. The second kappa shape index (κ2) is 9.26. The van der Waals surface area contributed by atoms with Gasteiger partial charge < -0.3 is 10.2 Å². The molecule has 1 heterocycles. The summed E-state index contributed by atoms with van der Waals surface area (Å²) in [5, 5.41) is 2.84. The number of nitrogens with zero attached hydrogens (tertiary/aromatic N) is 2. The summed E-state index contributed by atoms with van der Waals surface area (Å²) in [6.45, 7) is 4.89. The average molecular weight is 422 g/mol. The maximum atomic E-state index is 12.7. The topological polar surface area (TPSA) is 86.8 Å². The molecule has 1 saturated heterocycles. The first-order valence-corrected chi connectivity index (χ1v) is 12.0. The van der Waals surface area contributed by atoms with E-state index in [9.17, 15) is 18.0 Å². The van der Waals surface area contributed by atoms with Crippen LogP contribution in [0.4, 0.5) is 5.69 Å². The maximum Gasteiger partial charge on any atom is 0.243 e. The molecule has 2 aliphatic rings. The van der Waals surface area contributed by atoms with Crippen LogP contribution >= 0.6 is 0 Å². The third-order valence-corrected chi connectivity index (χ3v) is 8.07. The number of anilines is 1. The highest BCUT2D eigenvalue weighted by Crippen LogP contribution is 2.29. The van der Waals surface area contributed by atoms with Crippen molar-refractivity contribution in [3.63, 3.8) is 0 Å². The molecule has 1 aromatic carbocycles. The van der Waals surface area contributed by atoms with Gasteiger partial charge in [0.05, 0.1) is 10.8 Å². The van der Waals surface area contributed by atoms with E-state index < -0.39 is 10.0 Å². The van der Waals surface area contributed by atoms with Gasteiger partial charge in [0.2, 0.25) is 21.8 Å². The number of benzene rings is 1. The number of sulfonamides is 1. The fourth-order valence-electron chi connectivity index (χ4n) is 4.32. The lowest BCUT2D eigenvalue weighted by Crippen LogP contribution is -2.38. The molecule has 1 saturated carbocycles. The van der Waals surface area contributed by atoms with Crippen LogP contribution in [-0.4, -0.2) is 55.1 Å². The monoisotopic (exact) mass is 421 g/mol. The van der Waals surface area contributed by atoms with Crippen LogP contribution in [0.3, 0.4) is 0 Å². The van der Waals surface area contributed by atoms with Crippen molar-refractivity contribution in [1.82, 2.24) is 9.21 Å². The molecule has 8 heteroatoms. The molecule has 160 valence electrons. The van der Waals surface area contributed by atoms with Gasteiger partial charge in [0.15, 0.2) is 0 Å². The lowest BCUT2D eigenvalue weighted by Gasteiger charge is -2.31. The minimum atomic E-state index is -3.52. The van der Waals surface area contributed by atoms with Crippen molar-refractivity contribution in [2.24, 2.45) is 5.92 Å². The zero-order chi connectivity index (χ0) is 21.0. The van der Waals surface area contributed by atoms with E-state index in [1.807, 2.05) is 4.90 Å². The zero-order valence-corrected chi connectivity index (χ0v) is 18.1. The minimum absolute atomic E-state index is 0.0673. The number of carbonyl (C=O) groups excluding carboxylic acids is 2. The van der Waals surface area contributed by atoms with Crippen LogP contribution in [0.1, 0.15) is 52.4 Å². The van der Waals surface area contributed by atoms with Crippen molar-refractivity contribution >= 4 is 27.5 Å². The lowest BCUT2D eigenvalue weighted by molar-refractivity contribution is -0.130. The quantitative estimate of drug-likeness (QED) is 0.733. The third kappa shape index (κ3) is 4.80. The second-order valence-electron chi connectivity index (χ2n) is 7.84. The van der Waals surface area contributed by atoms with Crippen molar-refractivity contribution in [2.75, 3.05) is 25.0 Å². The van der Waals surface area contributed by atoms with Gasteiger partial charge in [-0.25, -0.2) is 8.42 Å². The van der Waals surface area contributed by atoms with Crippen LogP contribution in [0.2, 0.25) is 0 Å².